The molecule has 0 radical (unpaired) electrons. The second-order valence-electron chi connectivity index (χ2n) is 6.22. The highest BCUT2D eigenvalue weighted by Gasteiger charge is 2.51. The van der Waals surface area contributed by atoms with Crippen LogP contribution in [0.25, 0.3) is 0 Å². The van der Waals surface area contributed by atoms with Crippen LogP contribution in [0.3, 0.4) is 0 Å². The van der Waals surface area contributed by atoms with E-state index in [1.54, 1.807) is 13.2 Å². The van der Waals surface area contributed by atoms with Gasteiger partial charge in [-0.2, -0.15) is 0 Å². The topological polar surface area (TPSA) is 79.8 Å². The van der Waals surface area contributed by atoms with Gasteiger partial charge in [-0.25, -0.2) is 4.72 Å². The average Bonchev–Trinajstić information content (AvgIpc) is 2.64. The van der Waals surface area contributed by atoms with Gasteiger partial charge in [-0.3, -0.25) is 4.21 Å². The minimum atomic E-state index is -2.33. The van der Waals surface area contributed by atoms with Crippen molar-refractivity contribution < 1.29 is 22.8 Å². The Morgan fingerprint density at radius 3 is 2.36 bits per heavy atom. The third-order valence-electron chi connectivity index (χ3n) is 4.21. The standard InChI is InChI=1S/C14H22BNO5S/c1-13(2)14(3,4)21-15(20-13)11-6-7-12(19-5)10(8-11)9-16-22(17)18/h6-8,16H,9H2,1-5H3,(H,17,18)/p-1. The fraction of sp³-hybridized carbons (Fsp3) is 0.571. The molecule has 0 saturated carbocycles. The van der Waals surface area contributed by atoms with Crippen LogP contribution in [0.2, 0.25) is 0 Å². The van der Waals surface area contributed by atoms with Gasteiger partial charge < -0.3 is 18.6 Å². The molecule has 0 amide bonds. The molecule has 1 unspecified atom stereocenters. The summed E-state index contributed by atoms with van der Waals surface area (Å²) < 4.78 is 41.0. The average molecular weight is 326 g/mol. The van der Waals surface area contributed by atoms with E-state index in [9.17, 15) is 8.76 Å². The fourth-order valence-electron chi connectivity index (χ4n) is 2.20. The number of nitrogens with one attached hydrogen (secondary N) is 1. The summed E-state index contributed by atoms with van der Waals surface area (Å²) in [6.07, 6.45) is 0. The van der Waals surface area contributed by atoms with Crippen LogP contribution in [0.1, 0.15) is 33.3 Å². The molecule has 1 aromatic rings. The van der Waals surface area contributed by atoms with Crippen molar-refractivity contribution >= 4 is 23.8 Å². The Bertz CT molecular complexity index is 562. The zero-order valence-electron chi connectivity index (χ0n) is 13.5. The molecule has 6 nitrogen and oxygen atoms in total. The van der Waals surface area contributed by atoms with Crippen LogP contribution < -0.4 is 14.9 Å². The van der Waals surface area contributed by atoms with Crippen molar-refractivity contribution in [3.8, 4) is 5.75 Å². The molecule has 1 fully saturated rings. The molecule has 1 aromatic carbocycles. The van der Waals surface area contributed by atoms with Crippen LogP contribution in [0.15, 0.2) is 18.2 Å². The maximum atomic E-state index is 10.7. The fourth-order valence-corrected chi connectivity index (χ4v) is 2.47. The molecule has 0 aromatic heterocycles. The van der Waals surface area contributed by atoms with Crippen molar-refractivity contribution in [2.24, 2.45) is 0 Å². The first-order valence-corrected chi connectivity index (χ1v) is 8.09. The lowest BCUT2D eigenvalue weighted by molar-refractivity contribution is 0.00578. The van der Waals surface area contributed by atoms with E-state index < -0.39 is 29.6 Å². The molecule has 1 aliphatic heterocycles. The summed E-state index contributed by atoms with van der Waals surface area (Å²) in [6.45, 7) is 8.09. The second kappa shape index (κ2) is 6.29. The summed E-state index contributed by atoms with van der Waals surface area (Å²) in [5.74, 6) is 0.609. The molecule has 22 heavy (non-hydrogen) atoms. The number of hydrogen-bond acceptors (Lipinski definition) is 5. The normalized spacial score (nSPS) is 20.9. The van der Waals surface area contributed by atoms with Gasteiger partial charge >= 0.3 is 7.12 Å². The number of hydrogen-bond donors (Lipinski definition) is 1. The van der Waals surface area contributed by atoms with Crippen molar-refractivity contribution in [3.63, 3.8) is 0 Å². The Labute approximate surface area is 134 Å². The van der Waals surface area contributed by atoms with Crippen molar-refractivity contribution in [1.29, 1.82) is 0 Å². The molecule has 122 valence electrons. The summed E-state index contributed by atoms with van der Waals surface area (Å²) in [4.78, 5) is 0. The summed E-state index contributed by atoms with van der Waals surface area (Å²) in [5.41, 5.74) is 0.700. The minimum absolute atomic E-state index is 0.145. The summed E-state index contributed by atoms with van der Waals surface area (Å²) in [6, 6.07) is 5.48. The van der Waals surface area contributed by atoms with Gasteiger partial charge in [0.1, 0.15) is 5.75 Å². The van der Waals surface area contributed by atoms with Gasteiger partial charge in [0, 0.05) is 23.4 Å². The molecule has 1 aliphatic rings. The lowest BCUT2D eigenvalue weighted by Gasteiger charge is -2.32. The molecule has 0 aliphatic carbocycles. The summed E-state index contributed by atoms with van der Waals surface area (Å²) >= 11 is -2.33. The Hall–Kier alpha value is -0.925. The van der Waals surface area contributed by atoms with Crippen molar-refractivity contribution in [2.75, 3.05) is 7.11 Å². The predicted molar refractivity (Wildman–Crippen MR) is 84.5 cm³/mol. The quantitative estimate of drug-likeness (QED) is 0.642. The molecule has 1 N–H and O–H groups in total. The third-order valence-corrected chi connectivity index (χ3v) is 4.59. The zero-order chi connectivity index (χ0) is 16.5. The third kappa shape index (κ3) is 3.52. The van der Waals surface area contributed by atoms with Gasteiger partial charge in [-0.15, -0.1) is 0 Å². The Morgan fingerprint density at radius 1 is 1.27 bits per heavy atom. The lowest BCUT2D eigenvalue weighted by Crippen LogP contribution is -2.41. The van der Waals surface area contributed by atoms with Crippen LogP contribution in [0.4, 0.5) is 0 Å². The largest absolute Gasteiger partial charge is 0.760 e. The van der Waals surface area contributed by atoms with E-state index in [0.29, 0.717) is 5.75 Å². The highest BCUT2D eigenvalue weighted by Crippen LogP contribution is 2.36. The molecular formula is C14H21BNO5S-. The van der Waals surface area contributed by atoms with Crippen molar-refractivity contribution in [3.05, 3.63) is 23.8 Å². The van der Waals surface area contributed by atoms with E-state index >= 15 is 0 Å². The van der Waals surface area contributed by atoms with Gasteiger partial charge in [0.2, 0.25) is 0 Å². The van der Waals surface area contributed by atoms with Crippen LogP contribution >= 0.6 is 0 Å². The van der Waals surface area contributed by atoms with Crippen molar-refractivity contribution in [1.82, 2.24) is 4.72 Å². The molecule has 1 atom stereocenters. The Kier molecular flexibility index (Phi) is 4.98. The van der Waals surface area contributed by atoms with Crippen LogP contribution in [0, 0.1) is 0 Å². The molecule has 1 heterocycles. The second-order valence-corrected chi connectivity index (χ2v) is 6.97. The smallest absolute Gasteiger partial charge is 0.494 e. The Morgan fingerprint density at radius 2 is 1.86 bits per heavy atom. The molecule has 8 heteroatoms. The van der Waals surface area contributed by atoms with E-state index in [-0.39, 0.29) is 6.54 Å². The molecule has 0 bridgehead atoms. The first kappa shape index (κ1) is 17.4. The van der Waals surface area contributed by atoms with Gasteiger partial charge in [-0.1, -0.05) is 12.1 Å². The van der Waals surface area contributed by atoms with Crippen LogP contribution in [0.5, 0.6) is 5.75 Å². The van der Waals surface area contributed by atoms with E-state index in [1.165, 1.54) is 0 Å². The zero-order valence-corrected chi connectivity index (χ0v) is 14.3. The Balaban J connectivity index is 2.26. The first-order valence-electron chi connectivity index (χ1n) is 7.01. The number of methoxy groups -OCH3 is 1. The first-order chi connectivity index (χ1) is 10.2. The maximum absolute atomic E-state index is 10.7. The predicted octanol–water partition coefficient (Wildman–Crippen LogP) is 0.878. The maximum Gasteiger partial charge on any atom is 0.494 e. The van der Waals surface area contributed by atoms with Crippen LogP contribution in [-0.4, -0.2) is 34.2 Å². The monoisotopic (exact) mass is 326 g/mol. The van der Waals surface area contributed by atoms with Crippen LogP contribution in [-0.2, 0) is 27.1 Å². The number of rotatable bonds is 5. The number of ether oxygens (including phenoxy) is 1. The van der Waals surface area contributed by atoms with E-state index in [4.69, 9.17) is 14.0 Å². The highest BCUT2D eigenvalue weighted by atomic mass is 32.2. The van der Waals surface area contributed by atoms with Gasteiger partial charge in [0.25, 0.3) is 0 Å². The SMILES string of the molecule is COc1ccc(B2OC(C)(C)C(C)(C)O2)cc1CNS(=O)[O-]. The number of benzene rings is 1. The summed E-state index contributed by atoms with van der Waals surface area (Å²) in [7, 11) is 1.05. The van der Waals surface area contributed by atoms with Gasteiger partial charge in [0.15, 0.2) is 0 Å². The summed E-state index contributed by atoms with van der Waals surface area (Å²) in [5, 5.41) is 0. The molecular weight excluding hydrogens is 305 g/mol. The van der Waals surface area contributed by atoms with Crippen molar-refractivity contribution in [2.45, 2.75) is 45.4 Å². The minimum Gasteiger partial charge on any atom is -0.760 e. The van der Waals surface area contributed by atoms with Gasteiger partial charge in [-0.05, 0) is 39.2 Å². The highest BCUT2D eigenvalue weighted by molar-refractivity contribution is 7.77. The van der Waals surface area contributed by atoms with E-state index in [0.717, 1.165) is 11.0 Å². The molecule has 1 saturated heterocycles. The van der Waals surface area contributed by atoms with E-state index in [1.807, 2.05) is 39.8 Å². The lowest BCUT2D eigenvalue weighted by atomic mass is 9.78. The molecule has 2 rings (SSSR count). The van der Waals surface area contributed by atoms with Gasteiger partial charge in [0.05, 0.1) is 18.3 Å². The molecule has 0 spiro atoms. The van der Waals surface area contributed by atoms with E-state index in [2.05, 4.69) is 4.72 Å².